The molecule has 13 aromatic rings. The molecule has 0 amide bonds. The Labute approximate surface area is 865 Å². The number of aromatic hydroxyl groups is 6. The lowest BCUT2D eigenvalue weighted by Crippen LogP contribution is -2.17. The summed E-state index contributed by atoms with van der Waals surface area (Å²) in [5, 5.41) is 71.8. The first kappa shape index (κ1) is 108. The third kappa shape index (κ3) is 25.2. The Bertz CT molecular complexity index is 6280. The largest absolute Gasteiger partial charge is 0.507 e. The smallest absolute Gasteiger partial charge is 0.123 e. The van der Waals surface area contributed by atoms with Crippen molar-refractivity contribution in [1.82, 2.24) is 0 Å². The highest BCUT2D eigenvalue weighted by molar-refractivity contribution is 5.90. The van der Waals surface area contributed by atoms with Gasteiger partial charge < -0.3 is 30.6 Å². The monoisotopic (exact) mass is 1920 g/mol. The Morgan fingerprint density at radius 3 is 0.389 bits per heavy atom. The molecule has 0 aliphatic heterocycles. The molecule has 0 unspecified atom stereocenters. The lowest BCUT2D eigenvalue weighted by molar-refractivity contribution is 0.422. The molecular weight excluding hydrogens is 1750 g/mol. The van der Waals surface area contributed by atoms with E-state index in [0.717, 1.165) is 200 Å². The van der Waals surface area contributed by atoms with Gasteiger partial charge in [-0.3, -0.25) is 0 Å². The van der Waals surface area contributed by atoms with Crippen LogP contribution in [-0.4, -0.2) is 30.6 Å². The number of phenols is 6. The fraction of sp³-hybridized carbons (Fsp3) is 0.348. The average Bonchev–Trinajstić information content (AvgIpc) is 0.927. The van der Waals surface area contributed by atoms with Gasteiger partial charge >= 0.3 is 0 Å². The van der Waals surface area contributed by atoms with Crippen molar-refractivity contribution >= 4 is 72.9 Å². The van der Waals surface area contributed by atoms with Crippen LogP contribution < -0.4 is 0 Å². The van der Waals surface area contributed by atoms with E-state index in [1.54, 1.807) is 0 Å². The molecule has 13 rings (SSSR count). The molecule has 0 aliphatic rings. The van der Waals surface area contributed by atoms with Gasteiger partial charge in [0, 0.05) is 66.8 Å². The van der Waals surface area contributed by atoms with E-state index in [4.69, 9.17) is 0 Å². The van der Waals surface area contributed by atoms with Gasteiger partial charge in [0.25, 0.3) is 0 Å². The minimum atomic E-state index is -0.365. The van der Waals surface area contributed by atoms with Crippen LogP contribution in [0, 0.1) is 0 Å². The quantitative estimate of drug-likeness (QED) is 0.0476. The molecule has 0 aromatic heterocycles. The van der Waals surface area contributed by atoms with Gasteiger partial charge in [-0.05, 0) is 308 Å². The summed E-state index contributed by atoms with van der Waals surface area (Å²) in [4.78, 5) is 0. The Kier molecular flexibility index (Phi) is 30.0. The average molecular weight is 1920 g/mol. The second-order valence-electron chi connectivity index (χ2n) is 52.8. The van der Waals surface area contributed by atoms with Crippen molar-refractivity contribution < 1.29 is 30.6 Å². The van der Waals surface area contributed by atoms with Gasteiger partial charge in [0.05, 0.1) is 0 Å². The Balaban J connectivity index is 1.02. The standard InChI is InChI=1S/C138H162O6/c1-127(2,3)109-73-103(74-110(121(109)139)128(4,5)6)94-52-40-85(41-53-94)37-49-91-61-64-100(106-79-115(133(19,20)21)124(142)116(80-106)134(22,23)24)70-97(91)58-46-88-67-89(47-59-98-71-101(107-81-117(135(25,26)27)125(143)118(82-107)136(28,29)30)65-62-92(98)50-38-86-42-54-95(55-43-86)104-75-111(129(7,8)9)122(140)112(76-104)130(10,11)12)69-90(68-88)48-60-99-72-102(108-83-119(137(31,32)33)126(144)120(84-108)138(34,35)36)66-63-93(99)51-39-87-44-56-96(57-45-87)105-77-113(131(13,14)15)123(141)114(78-105)132(16,17)18/h37-84,139-144H,1-36H3/b49-37+,50-38+,51-39+,58-46+,59-47+,60-48+. The molecule has 0 saturated carbocycles. The van der Waals surface area contributed by atoms with Crippen LogP contribution in [0.25, 0.3) is 140 Å². The van der Waals surface area contributed by atoms with E-state index in [1.165, 1.54) is 0 Å². The SMILES string of the molecule is CC(C)(C)c1cc(-c2ccc(/C=C/c3ccc(-c4cc(C(C)(C)C)c(O)c(C(C)(C)C)c4)cc3/C=C/c3cc(/C=C/c4cc(-c5cc(C(C)(C)C)c(O)c(C(C)(C)C)c5)ccc4/C=C/c4ccc(-c5cc(C(C)(C)C)c(O)c(C(C)(C)C)c5)cc4)cc(/C=C/c4cc(-c5cc(C(C)(C)C)c(O)c(C(C)(C)C)c5)ccc4/C=C/c4ccc(-c5cc(C(C)(C)C)c(O)c(C(C)(C)C)c5)cc4)c3)cc2)cc(C(C)(C)C)c1O. The molecule has 0 radical (unpaired) electrons. The van der Waals surface area contributed by atoms with E-state index < -0.39 is 0 Å². The number of rotatable bonds is 18. The van der Waals surface area contributed by atoms with Crippen LogP contribution in [0.3, 0.4) is 0 Å². The van der Waals surface area contributed by atoms with Crippen LogP contribution in [0.5, 0.6) is 34.5 Å². The molecule has 0 atom stereocenters. The Morgan fingerprint density at radius 2 is 0.243 bits per heavy atom. The molecule has 13 aromatic carbocycles. The summed E-state index contributed by atoms with van der Waals surface area (Å²) in [6, 6.07) is 79.1. The third-order valence-electron chi connectivity index (χ3n) is 28.1. The summed E-state index contributed by atoms with van der Waals surface area (Å²) in [7, 11) is 0. The predicted octanol–water partition coefficient (Wildman–Crippen LogP) is 38.5. The van der Waals surface area contributed by atoms with E-state index in [-0.39, 0.29) is 65.0 Å². The van der Waals surface area contributed by atoms with Gasteiger partial charge in [-0.25, -0.2) is 0 Å². The van der Waals surface area contributed by atoms with Gasteiger partial charge in [0.1, 0.15) is 34.5 Å². The number of phenolic OH excluding ortho intramolecular Hbond substituents is 6. The van der Waals surface area contributed by atoms with Gasteiger partial charge in [0.2, 0.25) is 0 Å². The van der Waals surface area contributed by atoms with Crippen LogP contribution in [0.15, 0.2) is 218 Å². The highest BCUT2D eigenvalue weighted by Crippen LogP contribution is 2.51. The first-order chi connectivity index (χ1) is 66.4. The lowest BCUT2D eigenvalue weighted by Gasteiger charge is -2.28. The molecule has 0 aliphatic carbocycles. The fourth-order valence-corrected chi connectivity index (χ4v) is 19.3. The zero-order valence-corrected chi connectivity index (χ0v) is 93.4. The second-order valence-corrected chi connectivity index (χ2v) is 52.8. The second kappa shape index (κ2) is 39.9. The van der Waals surface area contributed by atoms with Crippen molar-refractivity contribution in [1.29, 1.82) is 0 Å². The first-order valence-corrected chi connectivity index (χ1v) is 51.6. The van der Waals surface area contributed by atoms with Gasteiger partial charge in [-0.1, -0.05) is 431 Å². The van der Waals surface area contributed by atoms with E-state index in [1.807, 2.05) is 0 Å². The highest BCUT2D eigenvalue weighted by Gasteiger charge is 2.35. The summed E-state index contributed by atoms with van der Waals surface area (Å²) in [6.45, 7) is 77.8. The number of hydrogen-bond acceptors (Lipinski definition) is 6. The zero-order chi connectivity index (χ0) is 106. The van der Waals surface area contributed by atoms with E-state index >= 15 is 0 Å². The molecule has 0 bridgehead atoms. The summed E-state index contributed by atoms with van der Waals surface area (Å²) in [5.74, 6) is 2.08. The first-order valence-electron chi connectivity index (χ1n) is 51.6. The van der Waals surface area contributed by atoms with Crippen molar-refractivity contribution in [2.24, 2.45) is 0 Å². The van der Waals surface area contributed by atoms with Crippen molar-refractivity contribution in [3.63, 3.8) is 0 Å². The molecule has 6 heteroatoms. The molecule has 6 nitrogen and oxygen atoms in total. The van der Waals surface area contributed by atoms with Crippen LogP contribution in [0.4, 0.5) is 0 Å². The maximum absolute atomic E-state index is 12.2. The highest BCUT2D eigenvalue weighted by atomic mass is 16.3. The predicted molar refractivity (Wildman–Crippen MR) is 626 cm³/mol. The van der Waals surface area contributed by atoms with Gasteiger partial charge in [0.15, 0.2) is 0 Å². The van der Waals surface area contributed by atoms with Crippen LogP contribution >= 0.6 is 0 Å². The van der Waals surface area contributed by atoms with Crippen molar-refractivity contribution in [3.8, 4) is 101 Å². The van der Waals surface area contributed by atoms with E-state index in [0.29, 0.717) is 34.5 Å². The normalized spacial score (nSPS) is 13.4. The maximum atomic E-state index is 12.2. The minimum absolute atomic E-state index is 0.284. The number of hydrogen-bond donors (Lipinski definition) is 6. The van der Waals surface area contributed by atoms with Gasteiger partial charge in [-0.2, -0.15) is 0 Å². The third-order valence-corrected chi connectivity index (χ3v) is 28.1. The van der Waals surface area contributed by atoms with Crippen LogP contribution in [0.2, 0.25) is 0 Å². The molecule has 0 spiro atoms. The number of benzene rings is 13. The van der Waals surface area contributed by atoms with Crippen molar-refractivity contribution in [2.45, 2.75) is 314 Å². The minimum Gasteiger partial charge on any atom is -0.507 e. The summed E-state index contributed by atoms with van der Waals surface area (Å²) >= 11 is 0. The van der Waals surface area contributed by atoms with E-state index in [9.17, 15) is 30.6 Å². The summed E-state index contributed by atoms with van der Waals surface area (Å²) < 4.78 is 0. The molecule has 144 heavy (non-hydrogen) atoms. The maximum Gasteiger partial charge on any atom is 0.123 e. The van der Waals surface area contributed by atoms with Gasteiger partial charge in [-0.15, -0.1) is 0 Å². The van der Waals surface area contributed by atoms with Crippen molar-refractivity contribution in [3.05, 3.63) is 352 Å². The topological polar surface area (TPSA) is 121 Å². The lowest BCUT2D eigenvalue weighted by atomic mass is 9.77. The summed E-state index contributed by atoms with van der Waals surface area (Å²) in [5.41, 5.74) is 31.5. The molecule has 750 valence electrons. The van der Waals surface area contributed by atoms with E-state index in [2.05, 4.69) is 541 Å². The molecule has 6 N–H and O–H groups in total. The Hall–Kier alpha value is -12.9. The van der Waals surface area contributed by atoms with Crippen LogP contribution in [0.1, 0.15) is 383 Å². The fourth-order valence-electron chi connectivity index (χ4n) is 19.3. The summed E-state index contributed by atoms with van der Waals surface area (Å²) in [6.07, 6.45) is 26.7. The Morgan fingerprint density at radius 1 is 0.118 bits per heavy atom. The molecule has 0 fully saturated rings. The van der Waals surface area contributed by atoms with Crippen LogP contribution in [-0.2, 0) is 65.0 Å². The molecule has 0 saturated heterocycles. The van der Waals surface area contributed by atoms with Crippen molar-refractivity contribution in [2.75, 3.05) is 0 Å². The molecule has 0 heterocycles. The zero-order valence-electron chi connectivity index (χ0n) is 93.4. The molecular formula is C138H162O6.